The predicted octanol–water partition coefficient (Wildman–Crippen LogP) is 3.24. The van der Waals surface area contributed by atoms with Gasteiger partial charge in [-0.05, 0) is 31.9 Å². The van der Waals surface area contributed by atoms with Crippen molar-refractivity contribution >= 4 is 17.8 Å². The Kier molecular flexibility index (Phi) is 7.60. The normalized spacial score (nSPS) is 18.2. The maximum atomic E-state index is 12.2. The van der Waals surface area contributed by atoms with Gasteiger partial charge in [0.25, 0.3) is 0 Å². The fourth-order valence-electron chi connectivity index (χ4n) is 2.63. The average molecular weight is 322 g/mol. The fraction of sp³-hybridized carbons (Fsp3) is 0.588. The first-order valence-corrected chi connectivity index (χ1v) is 9.06. The van der Waals surface area contributed by atoms with Gasteiger partial charge in [0.2, 0.25) is 0 Å². The van der Waals surface area contributed by atoms with Crippen molar-refractivity contribution in [1.82, 2.24) is 10.2 Å². The van der Waals surface area contributed by atoms with Crippen LogP contribution in [-0.2, 0) is 4.74 Å². The summed E-state index contributed by atoms with van der Waals surface area (Å²) in [5, 5.41) is 3.02. The van der Waals surface area contributed by atoms with Crippen LogP contribution in [0.25, 0.3) is 0 Å². The number of hydrogen-bond acceptors (Lipinski definition) is 3. The highest BCUT2D eigenvalue weighted by molar-refractivity contribution is 7.99. The molecular weight excluding hydrogens is 296 g/mol. The van der Waals surface area contributed by atoms with Gasteiger partial charge in [0.05, 0.1) is 6.61 Å². The second kappa shape index (κ2) is 9.74. The molecule has 22 heavy (non-hydrogen) atoms. The molecule has 1 aliphatic heterocycles. The van der Waals surface area contributed by atoms with Crippen molar-refractivity contribution < 1.29 is 9.53 Å². The van der Waals surface area contributed by atoms with Crippen LogP contribution in [0.5, 0.6) is 0 Å². The van der Waals surface area contributed by atoms with Crippen LogP contribution in [0.1, 0.15) is 19.8 Å². The van der Waals surface area contributed by atoms with Gasteiger partial charge in [-0.15, -0.1) is 11.8 Å². The van der Waals surface area contributed by atoms with Crippen LogP contribution in [0.4, 0.5) is 4.79 Å². The largest absolute Gasteiger partial charge is 0.381 e. The van der Waals surface area contributed by atoms with Crippen LogP contribution in [0.15, 0.2) is 35.2 Å². The molecular formula is C17H26N2O2S. The number of ether oxygens (including phenoxy) is 1. The van der Waals surface area contributed by atoms with E-state index in [1.54, 1.807) is 11.8 Å². The van der Waals surface area contributed by atoms with Gasteiger partial charge in [0, 0.05) is 42.8 Å². The Morgan fingerprint density at radius 2 is 2.23 bits per heavy atom. The molecule has 2 amide bonds. The van der Waals surface area contributed by atoms with Crippen LogP contribution < -0.4 is 5.32 Å². The minimum absolute atomic E-state index is 0.0647. The number of piperidine rings is 1. The summed E-state index contributed by atoms with van der Waals surface area (Å²) in [6.07, 6.45) is 2.23. The molecule has 0 radical (unpaired) electrons. The smallest absolute Gasteiger partial charge is 0.317 e. The van der Waals surface area contributed by atoms with Crippen molar-refractivity contribution in [2.24, 2.45) is 5.92 Å². The highest BCUT2D eigenvalue weighted by atomic mass is 32.2. The standard InChI is InChI=1S/C17H26N2O2S/c1-2-21-14-15-7-6-11-19(13-15)17(20)18-10-12-22-16-8-4-3-5-9-16/h3-5,8-9,15H,2,6-7,10-14H2,1H3,(H,18,20). The summed E-state index contributed by atoms with van der Waals surface area (Å²) < 4.78 is 5.49. The van der Waals surface area contributed by atoms with Crippen LogP contribution in [-0.4, -0.2) is 49.5 Å². The third-order valence-electron chi connectivity index (χ3n) is 3.75. The summed E-state index contributed by atoms with van der Waals surface area (Å²) in [4.78, 5) is 15.4. The van der Waals surface area contributed by atoms with E-state index in [-0.39, 0.29) is 6.03 Å². The van der Waals surface area contributed by atoms with E-state index in [1.165, 1.54) is 4.90 Å². The molecule has 1 fully saturated rings. The zero-order chi connectivity index (χ0) is 15.6. The molecule has 2 rings (SSSR count). The fourth-order valence-corrected chi connectivity index (χ4v) is 3.41. The van der Waals surface area contributed by atoms with E-state index in [0.717, 1.165) is 44.9 Å². The van der Waals surface area contributed by atoms with Gasteiger partial charge in [0.1, 0.15) is 0 Å². The van der Waals surface area contributed by atoms with Gasteiger partial charge < -0.3 is 15.0 Å². The number of urea groups is 1. The third kappa shape index (κ3) is 5.89. The van der Waals surface area contributed by atoms with Crippen molar-refractivity contribution in [3.05, 3.63) is 30.3 Å². The lowest BCUT2D eigenvalue weighted by Crippen LogP contribution is -2.46. The van der Waals surface area contributed by atoms with Gasteiger partial charge in [-0.25, -0.2) is 4.79 Å². The van der Waals surface area contributed by atoms with E-state index in [0.29, 0.717) is 12.5 Å². The lowest BCUT2D eigenvalue weighted by Gasteiger charge is -2.32. The first kappa shape index (κ1) is 17.2. The predicted molar refractivity (Wildman–Crippen MR) is 91.4 cm³/mol. The van der Waals surface area contributed by atoms with Gasteiger partial charge in [0.15, 0.2) is 0 Å². The van der Waals surface area contributed by atoms with Crippen molar-refractivity contribution in [3.63, 3.8) is 0 Å². The summed E-state index contributed by atoms with van der Waals surface area (Å²) in [5.74, 6) is 1.38. The summed E-state index contributed by atoms with van der Waals surface area (Å²) in [7, 11) is 0. The number of carbonyl (C=O) groups excluding carboxylic acids is 1. The second-order valence-electron chi connectivity index (χ2n) is 5.51. The number of benzene rings is 1. The lowest BCUT2D eigenvalue weighted by molar-refractivity contribution is 0.0757. The van der Waals surface area contributed by atoms with E-state index in [2.05, 4.69) is 17.4 Å². The minimum Gasteiger partial charge on any atom is -0.381 e. The summed E-state index contributed by atoms with van der Waals surface area (Å²) in [6, 6.07) is 10.3. The molecule has 1 aromatic carbocycles. The third-order valence-corrected chi connectivity index (χ3v) is 4.77. The van der Waals surface area contributed by atoms with Crippen LogP contribution >= 0.6 is 11.8 Å². The Labute approximate surface area is 137 Å². The molecule has 1 aliphatic rings. The first-order chi connectivity index (χ1) is 10.8. The van der Waals surface area contributed by atoms with E-state index < -0.39 is 0 Å². The van der Waals surface area contributed by atoms with E-state index >= 15 is 0 Å². The SMILES string of the molecule is CCOCC1CCCN(C(=O)NCCSc2ccccc2)C1. The monoisotopic (exact) mass is 322 g/mol. The van der Waals surface area contributed by atoms with E-state index in [9.17, 15) is 4.79 Å². The molecule has 1 unspecified atom stereocenters. The van der Waals surface area contributed by atoms with Gasteiger partial charge in [-0.3, -0.25) is 0 Å². The molecule has 0 bridgehead atoms. The maximum Gasteiger partial charge on any atom is 0.317 e. The summed E-state index contributed by atoms with van der Waals surface area (Å²) in [6.45, 7) is 5.91. The highest BCUT2D eigenvalue weighted by Crippen LogP contribution is 2.17. The van der Waals surface area contributed by atoms with E-state index in [1.807, 2.05) is 30.0 Å². The Balaban J connectivity index is 1.64. The summed E-state index contributed by atoms with van der Waals surface area (Å²) in [5.41, 5.74) is 0. The van der Waals surface area contributed by atoms with Crippen LogP contribution in [0.3, 0.4) is 0 Å². The number of carbonyl (C=O) groups is 1. The van der Waals surface area contributed by atoms with Crippen LogP contribution in [0.2, 0.25) is 0 Å². The molecule has 0 aliphatic carbocycles. The number of hydrogen-bond donors (Lipinski definition) is 1. The lowest BCUT2D eigenvalue weighted by atomic mass is 9.99. The Bertz CT molecular complexity index is 442. The number of thioether (sulfide) groups is 1. The van der Waals surface area contributed by atoms with Crippen LogP contribution in [0, 0.1) is 5.92 Å². The molecule has 122 valence electrons. The topological polar surface area (TPSA) is 41.6 Å². The van der Waals surface area contributed by atoms with Gasteiger partial charge in [-0.1, -0.05) is 18.2 Å². The zero-order valence-electron chi connectivity index (χ0n) is 13.3. The molecule has 4 nitrogen and oxygen atoms in total. The number of amides is 2. The van der Waals surface area contributed by atoms with Crippen molar-refractivity contribution in [1.29, 1.82) is 0 Å². The number of likely N-dealkylation sites (tertiary alicyclic amines) is 1. The Morgan fingerprint density at radius 1 is 1.41 bits per heavy atom. The molecule has 1 aromatic rings. The molecule has 1 heterocycles. The van der Waals surface area contributed by atoms with Gasteiger partial charge >= 0.3 is 6.03 Å². The Morgan fingerprint density at radius 3 is 3.00 bits per heavy atom. The minimum atomic E-state index is 0.0647. The molecule has 0 aromatic heterocycles. The molecule has 0 saturated carbocycles. The van der Waals surface area contributed by atoms with Crippen molar-refractivity contribution in [3.8, 4) is 0 Å². The highest BCUT2D eigenvalue weighted by Gasteiger charge is 2.23. The molecule has 0 spiro atoms. The Hall–Kier alpha value is -1.20. The van der Waals surface area contributed by atoms with Crippen molar-refractivity contribution in [2.45, 2.75) is 24.7 Å². The zero-order valence-corrected chi connectivity index (χ0v) is 14.1. The number of rotatable bonds is 7. The number of nitrogens with one attached hydrogen (secondary N) is 1. The molecule has 1 saturated heterocycles. The van der Waals surface area contributed by atoms with Crippen molar-refractivity contribution in [2.75, 3.05) is 38.6 Å². The summed E-state index contributed by atoms with van der Waals surface area (Å²) >= 11 is 1.77. The quantitative estimate of drug-likeness (QED) is 0.619. The molecule has 5 heteroatoms. The second-order valence-corrected chi connectivity index (χ2v) is 6.68. The average Bonchev–Trinajstić information content (AvgIpc) is 2.58. The van der Waals surface area contributed by atoms with E-state index in [4.69, 9.17) is 4.74 Å². The molecule has 1 N–H and O–H groups in total. The van der Waals surface area contributed by atoms with Gasteiger partial charge in [-0.2, -0.15) is 0 Å². The maximum absolute atomic E-state index is 12.2. The molecule has 1 atom stereocenters. The number of nitrogens with zero attached hydrogens (tertiary/aromatic N) is 1. The first-order valence-electron chi connectivity index (χ1n) is 8.08.